The maximum Gasteiger partial charge on any atom is 0.363 e. The maximum atomic E-state index is 11.9. The molecule has 0 saturated heterocycles. The number of aryl methyl sites for hydroxylation is 1. The Labute approximate surface area is 108 Å². The molecule has 0 fully saturated rings. The Morgan fingerprint density at radius 2 is 2.06 bits per heavy atom. The first-order valence-electron chi connectivity index (χ1n) is 5.77. The van der Waals surface area contributed by atoms with Gasteiger partial charge in [-0.2, -0.15) is 0 Å². The van der Waals surface area contributed by atoms with Gasteiger partial charge in [0.2, 0.25) is 0 Å². The fraction of sp³-hybridized carbons (Fsp3) is 0.143. The van der Waals surface area contributed by atoms with Gasteiger partial charge in [-0.25, -0.2) is 9.78 Å². The average Bonchev–Trinajstić information content (AvgIpc) is 2.86. The average molecular weight is 257 g/mol. The van der Waals surface area contributed by atoms with Crippen molar-refractivity contribution in [3.05, 3.63) is 51.7 Å². The van der Waals surface area contributed by atoms with Crippen LogP contribution in [0.2, 0.25) is 0 Å². The van der Waals surface area contributed by atoms with Gasteiger partial charge in [0.25, 0.3) is 0 Å². The molecule has 3 rings (SSSR count). The summed E-state index contributed by atoms with van der Waals surface area (Å²) in [6.45, 7) is 2.09. The lowest BCUT2D eigenvalue weighted by molar-refractivity contribution is 0.558. The molecular formula is C14H11NO2S. The van der Waals surface area contributed by atoms with E-state index < -0.39 is 0 Å². The van der Waals surface area contributed by atoms with Gasteiger partial charge in [-0.15, -0.1) is 11.3 Å². The lowest BCUT2D eigenvalue weighted by Crippen LogP contribution is -2.04. The topological polar surface area (TPSA) is 43.1 Å². The maximum absolute atomic E-state index is 11.9. The van der Waals surface area contributed by atoms with E-state index in [-0.39, 0.29) is 5.63 Å². The summed E-state index contributed by atoms with van der Waals surface area (Å²) in [5, 5.41) is 0. The van der Waals surface area contributed by atoms with E-state index in [1.807, 2.05) is 30.3 Å². The third-order valence-electron chi connectivity index (χ3n) is 2.74. The van der Waals surface area contributed by atoms with Gasteiger partial charge >= 0.3 is 5.63 Å². The van der Waals surface area contributed by atoms with Crippen LogP contribution in [0.25, 0.3) is 21.7 Å². The summed E-state index contributed by atoms with van der Waals surface area (Å²) in [4.78, 5) is 18.4. The zero-order chi connectivity index (χ0) is 12.5. The van der Waals surface area contributed by atoms with Crippen LogP contribution in [-0.4, -0.2) is 4.98 Å². The molecular weight excluding hydrogens is 246 g/mol. The van der Waals surface area contributed by atoms with E-state index in [1.54, 1.807) is 17.4 Å². The van der Waals surface area contributed by atoms with Crippen LogP contribution in [0.3, 0.4) is 0 Å². The van der Waals surface area contributed by atoms with Gasteiger partial charge < -0.3 is 4.42 Å². The zero-order valence-corrected chi connectivity index (χ0v) is 10.7. The van der Waals surface area contributed by atoms with E-state index in [9.17, 15) is 4.79 Å². The Hall–Kier alpha value is -1.94. The number of para-hydroxylation sites is 2. The molecule has 0 unspecified atom stereocenters. The summed E-state index contributed by atoms with van der Waals surface area (Å²) in [6, 6.07) is 11.3. The number of aromatic nitrogens is 1. The minimum absolute atomic E-state index is 0.377. The molecule has 90 valence electrons. The highest BCUT2D eigenvalue weighted by atomic mass is 32.1. The predicted octanol–water partition coefficient (Wildman–Crippen LogP) is 3.48. The summed E-state index contributed by atoms with van der Waals surface area (Å²) in [7, 11) is 0. The van der Waals surface area contributed by atoms with Crippen LogP contribution in [0.4, 0.5) is 0 Å². The van der Waals surface area contributed by atoms with Crippen molar-refractivity contribution in [3.8, 4) is 10.6 Å². The van der Waals surface area contributed by atoms with Crippen molar-refractivity contribution >= 4 is 22.4 Å². The Morgan fingerprint density at radius 3 is 2.83 bits per heavy atom. The molecule has 2 heterocycles. The van der Waals surface area contributed by atoms with Crippen molar-refractivity contribution in [2.24, 2.45) is 0 Å². The summed E-state index contributed by atoms with van der Waals surface area (Å²) in [6.07, 6.45) is 0.962. The van der Waals surface area contributed by atoms with Crippen molar-refractivity contribution in [2.45, 2.75) is 13.3 Å². The molecule has 3 aromatic rings. The second-order valence-corrected chi connectivity index (χ2v) is 5.11. The highest BCUT2D eigenvalue weighted by Crippen LogP contribution is 2.25. The summed E-state index contributed by atoms with van der Waals surface area (Å²) in [5.74, 6) is 0. The van der Waals surface area contributed by atoms with Crippen molar-refractivity contribution in [1.82, 2.24) is 4.98 Å². The zero-order valence-electron chi connectivity index (χ0n) is 9.84. The predicted molar refractivity (Wildman–Crippen MR) is 73.0 cm³/mol. The van der Waals surface area contributed by atoms with Crippen molar-refractivity contribution in [2.75, 3.05) is 0 Å². The van der Waals surface area contributed by atoms with Crippen LogP contribution in [-0.2, 0) is 6.42 Å². The number of thiophene rings is 1. The largest absolute Gasteiger partial charge is 0.419 e. The number of rotatable bonds is 2. The SMILES string of the molecule is CCc1ccc(-c2nc3ccccc3oc2=O)s1. The monoisotopic (exact) mass is 257 g/mol. The van der Waals surface area contributed by atoms with E-state index in [0.29, 0.717) is 16.8 Å². The van der Waals surface area contributed by atoms with Crippen LogP contribution in [0.1, 0.15) is 11.8 Å². The normalized spacial score (nSPS) is 10.9. The first-order valence-corrected chi connectivity index (χ1v) is 6.58. The van der Waals surface area contributed by atoms with Crippen LogP contribution >= 0.6 is 11.3 Å². The molecule has 18 heavy (non-hydrogen) atoms. The number of hydrogen-bond donors (Lipinski definition) is 0. The molecule has 0 amide bonds. The van der Waals surface area contributed by atoms with Crippen LogP contribution < -0.4 is 5.63 Å². The van der Waals surface area contributed by atoms with Gasteiger partial charge in [0.1, 0.15) is 5.52 Å². The van der Waals surface area contributed by atoms with Crippen LogP contribution in [0, 0.1) is 0 Å². The molecule has 0 radical (unpaired) electrons. The van der Waals surface area contributed by atoms with Crippen LogP contribution in [0.15, 0.2) is 45.6 Å². The Balaban J connectivity index is 2.22. The third-order valence-corrected chi connectivity index (χ3v) is 3.97. The molecule has 0 saturated carbocycles. The number of nitrogens with zero attached hydrogens (tertiary/aromatic N) is 1. The molecule has 3 nitrogen and oxygen atoms in total. The smallest absolute Gasteiger partial charge is 0.363 e. The van der Waals surface area contributed by atoms with Crippen molar-refractivity contribution < 1.29 is 4.42 Å². The first kappa shape index (κ1) is 11.2. The molecule has 4 heteroatoms. The Bertz CT molecular complexity index is 758. The standard InChI is InChI=1S/C14H11NO2S/c1-2-9-7-8-12(18-9)13-14(16)17-11-6-4-3-5-10(11)15-13/h3-8H,2H2,1H3. The molecule has 0 bridgehead atoms. The molecule has 0 aliphatic rings. The second-order valence-electron chi connectivity index (χ2n) is 3.94. The molecule has 2 aromatic heterocycles. The lowest BCUT2D eigenvalue weighted by atomic mass is 10.3. The van der Waals surface area contributed by atoms with E-state index in [2.05, 4.69) is 11.9 Å². The van der Waals surface area contributed by atoms with Gasteiger partial charge in [0.15, 0.2) is 11.3 Å². The minimum Gasteiger partial charge on any atom is -0.419 e. The highest BCUT2D eigenvalue weighted by Gasteiger charge is 2.11. The third kappa shape index (κ3) is 1.84. The summed E-state index contributed by atoms with van der Waals surface area (Å²) in [5.41, 5.74) is 1.26. The number of hydrogen-bond acceptors (Lipinski definition) is 4. The second kappa shape index (κ2) is 4.38. The minimum atomic E-state index is -0.377. The Kier molecular flexibility index (Phi) is 2.72. The quantitative estimate of drug-likeness (QED) is 0.706. The van der Waals surface area contributed by atoms with Crippen LogP contribution in [0.5, 0.6) is 0 Å². The molecule has 0 atom stereocenters. The van der Waals surface area contributed by atoms with Crippen molar-refractivity contribution in [3.63, 3.8) is 0 Å². The number of benzene rings is 1. The van der Waals surface area contributed by atoms with Gasteiger partial charge in [-0.05, 0) is 30.7 Å². The van der Waals surface area contributed by atoms with Gasteiger partial charge in [-0.3, -0.25) is 0 Å². The molecule has 0 spiro atoms. The molecule has 0 N–H and O–H groups in total. The highest BCUT2D eigenvalue weighted by molar-refractivity contribution is 7.15. The van der Waals surface area contributed by atoms with E-state index >= 15 is 0 Å². The summed E-state index contributed by atoms with van der Waals surface area (Å²) < 4.78 is 5.28. The summed E-state index contributed by atoms with van der Waals surface area (Å²) >= 11 is 1.59. The fourth-order valence-corrected chi connectivity index (χ4v) is 2.73. The van der Waals surface area contributed by atoms with E-state index in [1.165, 1.54) is 4.88 Å². The lowest BCUT2D eigenvalue weighted by Gasteiger charge is -1.98. The van der Waals surface area contributed by atoms with Crippen molar-refractivity contribution in [1.29, 1.82) is 0 Å². The molecule has 1 aromatic carbocycles. The van der Waals surface area contributed by atoms with E-state index in [4.69, 9.17) is 4.42 Å². The van der Waals surface area contributed by atoms with Gasteiger partial charge in [0.05, 0.1) is 4.88 Å². The first-order chi connectivity index (χ1) is 8.78. The molecule has 0 aliphatic heterocycles. The van der Waals surface area contributed by atoms with Gasteiger partial charge in [-0.1, -0.05) is 19.1 Å². The van der Waals surface area contributed by atoms with E-state index in [0.717, 1.165) is 11.3 Å². The Morgan fingerprint density at radius 1 is 1.22 bits per heavy atom. The molecule has 0 aliphatic carbocycles. The number of fused-ring (bicyclic) bond motifs is 1. The van der Waals surface area contributed by atoms with Gasteiger partial charge in [0, 0.05) is 4.88 Å². The fourth-order valence-electron chi connectivity index (χ4n) is 1.80.